The number of halogens is 1. The summed E-state index contributed by atoms with van der Waals surface area (Å²) in [5.74, 6) is 0.470. The molecule has 0 aliphatic rings. The van der Waals surface area contributed by atoms with Gasteiger partial charge in [0.05, 0.1) is 19.3 Å². The van der Waals surface area contributed by atoms with E-state index >= 15 is 0 Å². The van der Waals surface area contributed by atoms with E-state index in [2.05, 4.69) is 20.8 Å². The van der Waals surface area contributed by atoms with Crippen molar-refractivity contribution in [3.8, 4) is 5.75 Å². The Morgan fingerprint density at radius 1 is 1.37 bits per heavy atom. The summed E-state index contributed by atoms with van der Waals surface area (Å²) < 4.78 is 23.5. The number of nitrogens with one attached hydrogen (secondary N) is 2. The van der Waals surface area contributed by atoms with Crippen LogP contribution in [0.4, 0.5) is 16.1 Å². The summed E-state index contributed by atoms with van der Waals surface area (Å²) in [4.78, 5) is 0. The average Bonchev–Trinajstić information content (AvgIpc) is 2.86. The molecule has 0 aliphatic heterocycles. The minimum Gasteiger partial charge on any atom is -0.494 e. The first-order chi connectivity index (χ1) is 9.22. The molecule has 1 aromatic carbocycles. The zero-order valence-corrected chi connectivity index (χ0v) is 10.7. The number of aromatic nitrogens is 2. The summed E-state index contributed by atoms with van der Waals surface area (Å²) in [6.45, 7) is 3.31. The predicted molar refractivity (Wildman–Crippen MR) is 67.9 cm³/mol. The first kappa shape index (κ1) is 13.3. The number of hydrogen-bond acceptors (Lipinski definition) is 6. The Hall–Kier alpha value is -2.15. The van der Waals surface area contributed by atoms with E-state index in [0.29, 0.717) is 23.9 Å². The molecule has 0 spiro atoms. The van der Waals surface area contributed by atoms with Crippen LogP contribution in [0.25, 0.3) is 0 Å². The number of hydrogen-bond donors (Lipinski definition) is 2. The third-order valence-corrected chi connectivity index (χ3v) is 2.40. The molecule has 0 atom stereocenters. The van der Waals surface area contributed by atoms with E-state index in [1.807, 2.05) is 6.92 Å². The van der Waals surface area contributed by atoms with Crippen LogP contribution in [0.3, 0.4) is 0 Å². The molecule has 0 bridgehead atoms. The molecule has 19 heavy (non-hydrogen) atoms. The molecule has 0 amide bonds. The largest absolute Gasteiger partial charge is 0.494 e. The Kier molecular flexibility index (Phi) is 4.30. The van der Waals surface area contributed by atoms with Gasteiger partial charge in [-0.15, -0.1) is 5.10 Å². The van der Waals surface area contributed by atoms with Crippen molar-refractivity contribution in [3.05, 3.63) is 29.9 Å². The molecule has 0 unspecified atom stereocenters. The smallest absolute Gasteiger partial charge is 0.320 e. The average molecular weight is 266 g/mol. The second-order valence-corrected chi connectivity index (χ2v) is 3.75. The van der Waals surface area contributed by atoms with Crippen molar-refractivity contribution < 1.29 is 13.5 Å². The minimum absolute atomic E-state index is 0.234. The Morgan fingerprint density at radius 3 is 2.95 bits per heavy atom. The van der Waals surface area contributed by atoms with Gasteiger partial charge in [-0.05, 0) is 18.7 Å². The molecular formula is C12H15FN4O2. The first-order valence-corrected chi connectivity index (χ1v) is 5.86. The Morgan fingerprint density at radius 2 is 2.21 bits per heavy atom. The maximum absolute atomic E-state index is 13.0. The van der Waals surface area contributed by atoms with Crippen LogP contribution >= 0.6 is 0 Å². The molecule has 0 fully saturated rings. The number of methoxy groups -OCH3 is 1. The summed E-state index contributed by atoms with van der Waals surface area (Å²) >= 11 is 0. The number of anilines is 2. The van der Waals surface area contributed by atoms with Crippen molar-refractivity contribution in [2.24, 2.45) is 0 Å². The van der Waals surface area contributed by atoms with E-state index in [-0.39, 0.29) is 11.8 Å². The van der Waals surface area contributed by atoms with Crippen LogP contribution in [0.15, 0.2) is 22.6 Å². The molecule has 0 aliphatic carbocycles. The van der Waals surface area contributed by atoms with E-state index < -0.39 is 0 Å². The van der Waals surface area contributed by atoms with Crippen LogP contribution in [-0.4, -0.2) is 23.9 Å². The molecule has 0 saturated carbocycles. The van der Waals surface area contributed by atoms with Crippen molar-refractivity contribution in [1.29, 1.82) is 0 Å². The third kappa shape index (κ3) is 3.41. The molecule has 2 rings (SSSR count). The highest BCUT2D eigenvalue weighted by atomic mass is 19.1. The van der Waals surface area contributed by atoms with E-state index in [0.717, 1.165) is 6.54 Å². The monoisotopic (exact) mass is 266 g/mol. The molecule has 2 aromatic rings. The predicted octanol–water partition coefficient (Wildman–Crippen LogP) is 2.07. The van der Waals surface area contributed by atoms with Crippen molar-refractivity contribution >= 4 is 11.7 Å². The van der Waals surface area contributed by atoms with Gasteiger partial charge in [0.2, 0.25) is 5.89 Å². The minimum atomic E-state index is -0.374. The first-order valence-electron chi connectivity index (χ1n) is 5.86. The summed E-state index contributed by atoms with van der Waals surface area (Å²) in [5, 5.41) is 13.7. The quantitative estimate of drug-likeness (QED) is 0.834. The van der Waals surface area contributed by atoms with E-state index in [9.17, 15) is 4.39 Å². The van der Waals surface area contributed by atoms with Gasteiger partial charge in [-0.25, -0.2) is 4.39 Å². The summed E-state index contributed by atoms with van der Waals surface area (Å²) in [7, 11) is 1.46. The lowest BCUT2D eigenvalue weighted by atomic mass is 10.3. The van der Waals surface area contributed by atoms with Crippen molar-refractivity contribution in [3.63, 3.8) is 0 Å². The zero-order chi connectivity index (χ0) is 13.7. The van der Waals surface area contributed by atoms with Gasteiger partial charge in [-0.3, -0.25) is 0 Å². The lowest BCUT2D eigenvalue weighted by Crippen LogP contribution is -2.11. The van der Waals surface area contributed by atoms with Crippen molar-refractivity contribution in [2.45, 2.75) is 13.5 Å². The van der Waals surface area contributed by atoms with Crippen LogP contribution in [0.5, 0.6) is 5.75 Å². The number of benzene rings is 1. The van der Waals surface area contributed by atoms with Crippen molar-refractivity contribution in [1.82, 2.24) is 15.5 Å². The summed E-state index contributed by atoms with van der Waals surface area (Å²) in [5.41, 5.74) is 0.558. The maximum Gasteiger partial charge on any atom is 0.320 e. The lowest BCUT2D eigenvalue weighted by Gasteiger charge is -2.07. The lowest BCUT2D eigenvalue weighted by molar-refractivity contribution is 0.412. The van der Waals surface area contributed by atoms with Gasteiger partial charge in [0.1, 0.15) is 11.6 Å². The second kappa shape index (κ2) is 6.14. The van der Waals surface area contributed by atoms with Gasteiger partial charge >= 0.3 is 6.01 Å². The van der Waals surface area contributed by atoms with Crippen LogP contribution in [0.2, 0.25) is 0 Å². The van der Waals surface area contributed by atoms with Crippen molar-refractivity contribution in [2.75, 3.05) is 19.0 Å². The normalized spacial score (nSPS) is 10.5. The van der Waals surface area contributed by atoms with E-state index in [1.54, 1.807) is 6.07 Å². The molecule has 2 N–H and O–H groups in total. The van der Waals surface area contributed by atoms with Crippen LogP contribution in [-0.2, 0) is 6.54 Å². The van der Waals surface area contributed by atoms with E-state index in [4.69, 9.17) is 9.15 Å². The van der Waals surface area contributed by atoms with Crippen LogP contribution in [0, 0.1) is 5.82 Å². The summed E-state index contributed by atoms with van der Waals surface area (Å²) in [6, 6.07) is 4.37. The molecule has 102 valence electrons. The number of nitrogens with zero attached hydrogens (tertiary/aromatic N) is 2. The van der Waals surface area contributed by atoms with Gasteiger partial charge < -0.3 is 19.8 Å². The maximum atomic E-state index is 13.0. The fourth-order valence-corrected chi connectivity index (χ4v) is 1.49. The second-order valence-electron chi connectivity index (χ2n) is 3.75. The van der Waals surface area contributed by atoms with E-state index in [1.165, 1.54) is 19.2 Å². The Bertz CT molecular complexity index is 544. The van der Waals surface area contributed by atoms with Gasteiger partial charge in [0.15, 0.2) is 0 Å². The molecule has 1 heterocycles. The van der Waals surface area contributed by atoms with Crippen LogP contribution < -0.4 is 15.4 Å². The number of ether oxygens (including phenoxy) is 1. The van der Waals surface area contributed by atoms with Gasteiger partial charge in [-0.2, -0.15) is 0 Å². The van der Waals surface area contributed by atoms with Gasteiger partial charge in [-0.1, -0.05) is 12.0 Å². The summed E-state index contributed by atoms with van der Waals surface area (Å²) in [6.07, 6.45) is 0. The molecule has 0 saturated heterocycles. The topological polar surface area (TPSA) is 72.2 Å². The van der Waals surface area contributed by atoms with Gasteiger partial charge in [0.25, 0.3) is 0 Å². The zero-order valence-electron chi connectivity index (χ0n) is 10.7. The Balaban J connectivity index is 2.10. The highest BCUT2D eigenvalue weighted by molar-refractivity contribution is 5.61. The Labute approximate surface area is 110 Å². The molecular weight excluding hydrogens is 251 g/mol. The molecule has 0 radical (unpaired) electrons. The fourth-order valence-electron chi connectivity index (χ4n) is 1.49. The molecule has 6 nitrogen and oxygen atoms in total. The molecule has 1 aromatic heterocycles. The third-order valence-electron chi connectivity index (χ3n) is 2.40. The molecule has 7 heteroatoms. The van der Waals surface area contributed by atoms with Crippen LogP contribution in [0.1, 0.15) is 12.8 Å². The standard InChI is InChI=1S/C12H15FN4O2/c1-3-14-7-11-16-17-12(19-11)15-9-5-4-8(13)6-10(9)18-2/h4-6,14H,3,7H2,1-2H3,(H,15,17). The highest BCUT2D eigenvalue weighted by Gasteiger charge is 2.09. The van der Waals surface area contributed by atoms with Gasteiger partial charge in [0, 0.05) is 6.07 Å². The number of rotatable bonds is 6. The SMILES string of the molecule is CCNCc1nnc(Nc2ccc(F)cc2OC)o1. The fraction of sp³-hybridized carbons (Fsp3) is 0.333. The highest BCUT2D eigenvalue weighted by Crippen LogP contribution is 2.27.